The van der Waals surface area contributed by atoms with Gasteiger partial charge in [-0.05, 0) is 41.1 Å². The molecule has 0 fully saturated rings. The van der Waals surface area contributed by atoms with Gasteiger partial charge in [0.1, 0.15) is 0 Å². The number of carbonyl (C=O) groups excluding carboxylic acids is 1. The molecule has 1 N–H and O–H groups in total. The first-order valence-electron chi connectivity index (χ1n) is 5.23. The molecular formula is C12H15BrClNO3. The first-order chi connectivity index (χ1) is 8.42. The summed E-state index contributed by atoms with van der Waals surface area (Å²) in [5.74, 6) is -0.393. The molecule has 0 heterocycles. The molecule has 1 aromatic carbocycles. The van der Waals surface area contributed by atoms with Gasteiger partial charge in [0.05, 0.1) is 18.7 Å². The highest BCUT2D eigenvalue weighted by Crippen LogP contribution is 2.27. The van der Waals surface area contributed by atoms with E-state index in [2.05, 4.69) is 21.2 Å². The van der Waals surface area contributed by atoms with Crippen molar-refractivity contribution in [1.82, 2.24) is 0 Å². The van der Waals surface area contributed by atoms with Crippen LogP contribution < -0.4 is 5.32 Å². The number of carbonyl (C=O) groups is 1. The third kappa shape index (κ3) is 3.60. The Morgan fingerprint density at radius 3 is 2.67 bits per heavy atom. The van der Waals surface area contributed by atoms with Crippen LogP contribution in [0.4, 0.5) is 5.69 Å². The Labute approximate surface area is 120 Å². The van der Waals surface area contributed by atoms with Gasteiger partial charge >= 0.3 is 5.97 Å². The molecule has 0 aliphatic carbocycles. The summed E-state index contributed by atoms with van der Waals surface area (Å²) < 4.78 is 10.6. The molecule has 0 bridgehead atoms. The van der Waals surface area contributed by atoms with Gasteiger partial charge in [0.15, 0.2) is 5.54 Å². The average molecular weight is 337 g/mol. The molecule has 0 aliphatic heterocycles. The summed E-state index contributed by atoms with van der Waals surface area (Å²) in [5.41, 5.74) is -0.201. The van der Waals surface area contributed by atoms with Gasteiger partial charge in [-0.25, -0.2) is 4.79 Å². The number of benzene rings is 1. The maximum atomic E-state index is 11.8. The topological polar surface area (TPSA) is 47.6 Å². The van der Waals surface area contributed by atoms with Crippen molar-refractivity contribution in [3.8, 4) is 0 Å². The molecule has 1 atom stereocenters. The van der Waals surface area contributed by atoms with Crippen molar-refractivity contribution in [1.29, 1.82) is 0 Å². The van der Waals surface area contributed by atoms with Gasteiger partial charge in [-0.15, -0.1) is 0 Å². The van der Waals surface area contributed by atoms with Crippen LogP contribution in [0, 0.1) is 0 Å². The number of esters is 1. The monoisotopic (exact) mass is 335 g/mol. The minimum atomic E-state index is -0.948. The van der Waals surface area contributed by atoms with E-state index in [0.717, 1.165) is 10.2 Å². The fourth-order valence-corrected chi connectivity index (χ4v) is 2.05. The van der Waals surface area contributed by atoms with Crippen molar-refractivity contribution in [3.05, 3.63) is 27.7 Å². The standard InChI is InChI=1S/C12H15BrClNO3/c1-12(7-17-2,11(16)18-3)15-8-4-5-10(14)9(13)6-8/h4-6,15H,7H2,1-3H3. The highest BCUT2D eigenvalue weighted by molar-refractivity contribution is 9.10. The van der Waals surface area contributed by atoms with E-state index in [1.54, 1.807) is 25.1 Å². The fraction of sp³-hybridized carbons (Fsp3) is 0.417. The zero-order valence-corrected chi connectivity index (χ0v) is 12.8. The van der Waals surface area contributed by atoms with Gasteiger partial charge in [0, 0.05) is 17.3 Å². The van der Waals surface area contributed by atoms with E-state index in [0.29, 0.717) is 5.02 Å². The normalized spacial score (nSPS) is 13.8. The predicted molar refractivity (Wildman–Crippen MR) is 75.1 cm³/mol. The number of ether oxygens (including phenoxy) is 2. The van der Waals surface area contributed by atoms with Gasteiger partial charge in [-0.1, -0.05) is 11.6 Å². The summed E-state index contributed by atoms with van der Waals surface area (Å²) >= 11 is 9.24. The number of halogens is 2. The second-order valence-corrected chi connectivity index (χ2v) is 5.27. The summed E-state index contributed by atoms with van der Waals surface area (Å²) in [6, 6.07) is 5.31. The number of anilines is 1. The number of methoxy groups -OCH3 is 2. The second-order valence-electron chi connectivity index (χ2n) is 4.01. The van der Waals surface area contributed by atoms with E-state index in [9.17, 15) is 4.79 Å². The van der Waals surface area contributed by atoms with Crippen LogP contribution in [0.2, 0.25) is 5.02 Å². The molecule has 0 saturated heterocycles. The van der Waals surface area contributed by atoms with Crippen molar-refractivity contribution in [2.45, 2.75) is 12.5 Å². The highest BCUT2D eigenvalue weighted by Gasteiger charge is 2.34. The quantitative estimate of drug-likeness (QED) is 0.839. The first kappa shape index (κ1) is 15.3. The van der Waals surface area contributed by atoms with Crippen LogP contribution in [0.15, 0.2) is 22.7 Å². The summed E-state index contributed by atoms with van der Waals surface area (Å²) in [6.45, 7) is 1.91. The molecule has 18 heavy (non-hydrogen) atoms. The van der Waals surface area contributed by atoms with E-state index >= 15 is 0 Å². The average Bonchev–Trinajstić information content (AvgIpc) is 2.33. The smallest absolute Gasteiger partial charge is 0.333 e. The Balaban J connectivity index is 2.96. The molecule has 100 valence electrons. The first-order valence-corrected chi connectivity index (χ1v) is 6.40. The molecule has 0 amide bonds. The van der Waals surface area contributed by atoms with Gasteiger partial charge in [0.2, 0.25) is 0 Å². The van der Waals surface area contributed by atoms with E-state index in [4.69, 9.17) is 21.1 Å². The van der Waals surface area contributed by atoms with Crippen molar-refractivity contribution >= 4 is 39.2 Å². The van der Waals surface area contributed by atoms with E-state index in [-0.39, 0.29) is 6.61 Å². The fourth-order valence-electron chi connectivity index (χ4n) is 1.55. The molecular weight excluding hydrogens is 321 g/mol. The zero-order valence-electron chi connectivity index (χ0n) is 10.4. The molecule has 1 rings (SSSR count). The third-order valence-corrected chi connectivity index (χ3v) is 3.62. The van der Waals surface area contributed by atoms with E-state index < -0.39 is 11.5 Å². The zero-order chi connectivity index (χ0) is 13.8. The highest BCUT2D eigenvalue weighted by atomic mass is 79.9. The van der Waals surface area contributed by atoms with Crippen molar-refractivity contribution in [2.24, 2.45) is 0 Å². The maximum absolute atomic E-state index is 11.8. The number of hydrogen-bond donors (Lipinski definition) is 1. The summed E-state index contributed by atoms with van der Waals surface area (Å²) in [5, 5.41) is 3.69. The Morgan fingerprint density at radius 2 is 2.17 bits per heavy atom. The van der Waals surface area contributed by atoms with Crippen LogP contribution in [0.1, 0.15) is 6.92 Å². The van der Waals surface area contributed by atoms with Gasteiger partial charge in [0.25, 0.3) is 0 Å². The minimum absolute atomic E-state index is 0.194. The van der Waals surface area contributed by atoms with Crippen LogP contribution in [-0.2, 0) is 14.3 Å². The molecule has 1 aromatic rings. The second kappa shape index (κ2) is 6.41. The van der Waals surface area contributed by atoms with Crippen LogP contribution in [-0.4, -0.2) is 32.3 Å². The van der Waals surface area contributed by atoms with E-state index in [1.807, 2.05) is 0 Å². The van der Waals surface area contributed by atoms with Gasteiger partial charge < -0.3 is 14.8 Å². The molecule has 0 radical (unpaired) electrons. The number of rotatable bonds is 5. The number of hydrogen-bond acceptors (Lipinski definition) is 4. The lowest BCUT2D eigenvalue weighted by Crippen LogP contribution is -2.48. The lowest BCUT2D eigenvalue weighted by molar-refractivity contribution is -0.147. The molecule has 6 heteroatoms. The number of nitrogens with one attached hydrogen (secondary N) is 1. The Bertz CT molecular complexity index is 441. The maximum Gasteiger partial charge on any atom is 0.333 e. The molecule has 0 aliphatic rings. The molecule has 0 spiro atoms. The lowest BCUT2D eigenvalue weighted by atomic mass is 10.0. The van der Waals surface area contributed by atoms with Gasteiger partial charge in [-0.3, -0.25) is 0 Å². The summed E-state index contributed by atoms with van der Waals surface area (Å²) in [7, 11) is 2.87. The third-order valence-electron chi connectivity index (χ3n) is 2.41. The SMILES string of the molecule is COCC(C)(Nc1ccc(Cl)c(Br)c1)C(=O)OC. The molecule has 1 unspecified atom stereocenters. The summed E-state index contributed by atoms with van der Waals surface area (Å²) in [4.78, 5) is 11.8. The Kier molecular flexibility index (Phi) is 5.44. The predicted octanol–water partition coefficient (Wildman–Crippen LogP) is 3.09. The largest absolute Gasteiger partial charge is 0.467 e. The lowest BCUT2D eigenvalue weighted by Gasteiger charge is -2.28. The molecule has 0 aromatic heterocycles. The van der Waals surface area contributed by atoms with E-state index in [1.165, 1.54) is 14.2 Å². The molecule has 4 nitrogen and oxygen atoms in total. The minimum Gasteiger partial charge on any atom is -0.467 e. The summed E-state index contributed by atoms with van der Waals surface area (Å²) in [6.07, 6.45) is 0. The van der Waals surface area contributed by atoms with Crippen LogP contribution in [0.3, 0.4) is 0 Å². The van der Waals surface area contributed by atoms with Crippen molar-refractivity contribution < 1.29 is 14.3 Å². The van der Waals surface area contributed by atoms with Crippen LogP contribution in [0.5, 0.6) is 0 Å². The molecule has 0 saturated carbocycles. The van der Waals surface area contributed by atoms with Crippen LogP contribution in [0.25, 0.3) is 0 Å². The Morgan fingerprint density at radius 1 is 1.50 bits per heavy atom. The van der Waals surface area contributed by atoms with Crippen molar-refractivity contribution in [3.63, 3.8) is 0 Å². The Hall–Kier alpha value is -0.780. The van der Waals surface area contributed by atoms with Gasteiger partial charge in [-0.2, -0.15) is 0 Å². The van der Waals surface area contributed by atoms with Crippen LogP contribution >= 0.6 is 27.5 Å². The van der Waals surface area contributed by atoms with Crippen molar-refractivity contribution in [2.75, 3.05) is 26.1 Å².